The number of carbonyl (C=O) groups excluding carboxylic acids is 1. The molecule has 2 atom stereocenters. The summed E-state index contributed by atoms with van der Waals surface area (Å²) in [4.78, 5) is 12.4. The van der Waals surface area contributed by atoms with E-state index < -0.39 is 23.7 Å². The Bertz CT molecular complexity index is 820. The summed E-state index contributed by atoms with van der Waals surface area (Å²) in [6.07, 6.45) is -2.76. The third-order valence-electron chi connectivity index (χ3n) is 3.95. The number of phenols is 3. The van der Waals surface area contributed by atoms with E-state index >= 15 is 0 Å². The van der Waals surface area contributed by atoms with Crippen LogP contribution in [-0.4, -0.2) is 46.5 Å². The number of carbonyl (C=O) groups is 1. The first kappa shape index (κ1) is 16.7. The predicted molar refractivity (Wildman–Crippen MR) is 84.7 cm³/mol. The molecule has 8 heteroatoms. The minimum absolute atomic E-state index is 0.0659. The fraction of sp³-hybridized carbons (Fsp3) is 0.235. The van der Waals surface area contributed by atoms with Gasteiger partial charge in [-0.15, -0.1) is 0 Å². The van der Waals surface area contributed by atoms with Crippen LogP contribution in [0.2, 0.25) is 0 Å². The molecule has 2 aromatic carbocycles. The number of hydrogen-bond acceptors (Lipinski definition) is 8. The summed E-state index contributed by atoms with van der Waals surface area (Å²) in [5, 5.41) is 39.7. The van der Waals surface area contributed by atoms with Gasteiger partial charge in [0.1, 0.15) is 22.8 Å². The first-order valence-corrected chi connectivity index (χ1v) is 7.27. The van der Waals surface area contributed by atoms with Crippen LogP contribution < -0.4 is 14.2 Å². The van der Waals surface area contributed by atoms with E-state index in [1.165, 1.54) is 32.4 Å². The van der Waals surface area contributed by atoms with E-state index in [1.807, 2.05) is 0 Å². The molecule has 0 saturated carbocycles. The maximum Gasteiger partial charge on any atom is 0.202 e. The zero-order valence-corrected chi connectivity index (χ0v) is 13.4. The molecule has 1 aliphatic rings. The van der Waals surface area contributed by atoms with Crippen molar-refractivity contribution in [1.29, 1.82) is 0 Å². The summed E-state index contributed by atoms with van der Waals surface area (Å²) in [5.74, 6) is -1.69. The van der Waals surface area contributed by atoms with Gasteiger partial charge in [-0.05, 0) is 12.1 Å². The Morgan fingerprint density at radius 2 is 1.60 bits per heavy atom. The van der Waals surface area contributed by atoms with Crippen LogP contribution in [-0.2, 0) is 0 Å². The van der Waals surface area contributed by atoms with Crippen LogP contribution >= 0.6 is 0 Å². The second-order valence-electron chi connectivity index (χ2n) is 5.46. The van der Waals surface area contributed by atoms with E-state index in [0.29, 0.717) is 5.56 Å². The molecule has 0 unspecified atom stereocenters. The number of hydrogen-bond donors (Lipinski definition) is 4. The lowest BCUT2D eigenvalue weighted by atomic mass is 9.92. The van der Waals surface area contributed by atoms with Crippen molar-refractivity contribution in [3.63, 3.8) is 0 Å². The van der Waals surface area contributed by atoms with Gasteiger partial charge in [0.05, 0.1) is 14.2 Å². The minimum Gasteiger partial charge on any atom is -0.508 e. The predicted octanol–water partition coefficient (Wildman–Crippen LogP) is 1.50. The van der Waals surface area contributed by atoms with Crippen LogP contribution in [0.5, 0.6) is 34.5 Å². The number of aliphatic hydroxyl groups excluding tert-OH is 1. The Kier molecular flexibility index (Phi) is 4.05. The van der Waals surface area contributed by atoms with Crippen molar-refractivity contribution in [2.75, 3.05) is 14.2 Å². The van der Waals surface area contributed by atoms with Crippen molar-refractivity contribution < 1.29 is 39.4 Å². The quantitative estimate of drug-likeness (QED) is 0.657. The van der Waals surface area contributed by atoms with Crippen LogP contribution in [0.4, 0.5) is 0 Å². The molecule has 0 aromatic heterocycles. The van der Waals surface area contributed by atoms with Crippen molar-refractivity contribution in [1.82, 2.24) is 0 Å². The zero-order chi connectivity index (χ0) is 18.3. The maximum atomic E-state index is 12.4. The van der Waals surface area contributed by atoms with Crippen LogP contribution in [0.15, 0.2) is 24.3 Å². The number of fused-ring (bicyclic) bond motifs is 1. The SMILES string of the molecule is COc1cc([C@H]2Oc3cc(O)cc(O)c3C(=O)[C@H]2O)cc(OC)c1O. The van der Waals surface area contributed by atoms with E-state index in [0.717, 1.165) is 6.07 Å². The summed E-state index contributed by atoms with van der Waals surface area (Å²) in [6, 6.07) is 4.94. The molecule has 132 valence electrons. The van der Waals surface area contributed by atoms with Gasteiger partial charge in [-0.3, -0.25) is 4.79 Å². The van der Waals surface area contributed by atoms with Crippen molar-refractivity contribution in [3.05, 3.63) is 35.4 Å². The lowest BCUT2D eigenvalue weighted by Gasteiger charge is -2.30. The van der Waals surface area contributed by atoms with Crippen LogP contribution in [0.3, 0.4) is 0 Å². The Morgan fingerprint density at radius 1 is 1.00 bits per heavy atom. The number of aliphatic hydroxyl groups is 1. The normalized spacial score (nSPS) is 19.1. The molecule has 3 rings (SSSR count). The molecule has 4 N–H and O–H groups in total. The fourth-order valence-corrected chi connectivity index (χ4v) is 2.74. The van der Waals surface area contributed by atoms with E-state index in [1.54, 1.807) is 0 Å². The molecule has 1 aliphatic heterocycles. The van der Waals surface area contributed by atoms with Gasteiger partial charge in [-0.25, -0.2) is 0 Å². The average molecular weight is 348 g/mol. The molecule has 8 nitrogen and oxygen atoms in total. The largest absolute Gasteiger partial charge is 0.508 e. The Balaban J connectivity index is 2.11. The molecular formula is C17H16O8. The van der Waals surface area contributed by atoms with Crippen molar-refractivity contribution >= 4 is 5.78 Å². The lowest BCUT2D eigenvalue weighted by molar-refractivity contribution is 0.0209. The highest BCUT2D eigenvalue weighted by atomic mass is 16.5. The molecule has 0 amide bonds. The van der Waals surface area contributed by atoms with Crippen LogP contribution in [0, 0.1) is 0 Å². The number of phenolic OH excluding ortho intramolecular Hbond substituents is 3. The molecule has 0 spiro atoms. The summed E-state index contributed by atoms with van der Waals surface area (Å²) in [7, 11) is 2.68. The molecule has 0 fully saturated rings. The number of ketones is 1. The highest BCUT2D eigenvalue weighted by Gasteiger charge is 2.39. The summed E-state index contributed by atoms with van der Waals surface area (Å²) < 4.78 is 15.7. The molecule has 1 heterocycles. The smallest absolute Gasteiger partial charge is 0.202 e. The molecule has 0 aliphatic carbocycles. The first-order chi connectivity index (χ1) is 11.9. The maximum absolute atomic E-state index is 12.4. The Morgan fingerprint density at radius 3 is 2.16 bits per heavy atom. The van der Waals surface area contributed by atoms with Crippen molar-refractivity contribution in [2.24, 2.45) is 0 Å². The number of ether oxygens (including phenoxy) is 3. The van der Waals surface area contributed by atoms with E-state index in [9.17, 15) is 25.2 Å². The van der Waals surface area contributed by atoms with Gasteiger partial charge in [0.15, 0.2) is 23.7 Å². The van der Waals surface area contributed by atoms with Gasteiger partial charge in [-0.1, -0.05) is 0 Å². The topological polar surface area (TPSA) is 126 Å². The molecule has 25 heavy (non-hydrogen) atoms. The standard InChI is InChI=1S/C17H16O8/c1-23-11-3-7(4-12(24-2)14(11)20)17-16(22)15(21)13-9(19)5-8(18)6-10(13)25-17/h3-6,16-20,22H,1-2H3/t16-,17-/m1/s1. The number of rotatable bonds is 3. The van der Waals surface area contributed by atoms with E-state index in [2.05, 4.69) is 0 Å². The molecule has 0 bridgehead atoms. The fourth-order valence-electron chi connectivity index (χ4n) is 2.74. The molecule has 2 aromatic rings. The van der Waals surface area contributed by atoms with Crippen molar-refractivity contribution in [2.45, 2.75) is 12.2 Å². The van der Waals surface area contributed by atoms with Gasteiger partial charge in [-0.2, -0.15) is 0 Å². The monoisotopic (exact) mass is 348 g/mol. The van der Waals surface area contributed by atoms with Gasteiger partial charge in [0.2, 0.25) is 11.5 Å². The average Bonchev–Trinajstić information content (AvgIpc) is 2.57. The highest BCUT2D eigenvalue weighted by molar-refractivity contribution is 6.05. The van der Waals surface area contributed by atoms with Crippen LogP contribution in [0.25, 0.3) is 0 Å². The molecule has 0 saturated heterocycles. The van der Waals surface area contributed by atoms with Gasteiger partial charge < -0.3 is 34.6 Å². The first-order valence-electron chi connectivity index (χ1n) is 7.27. The van der Waals surface area contributed by atoms with Gasteiger partial charge in [0, 0.05) is 17.7 Å². The van der Waals surface area contributed by atoms with Gasteiger partial charge in [0.25, 0.3) is 0 Å². The number of benzene rings is 2. The van der Waals surface area contributed by atoms with E-state index in [-0.39, 0.29) is 34.3 Å². The summed E-state index contributed by atoms with van der Waals surface area (Å²) in [5.41, 5.74) is 0.0973. The van der Waals surface area contributed by atoms with Crippen molar-refractivity contribution in [3.8, 4) is 34.5 Å². The summed E-state index contributed by atoms with van der Waals surface area (Å²) >= 11 is 0. The third kappa shape index (κ3) is 2.66. The second-order valence-corrected chi connectivity index (χ2v) is 5.46. The van der Waals surface area contributed by atoms with Crippen LogP contribution in [0.1, 0.15) is 22.0 Å². The Labute approximate surface area is 142 Å². The Hall–Kier alpha value is -3.13. The number of methoxy groups -OCH3 is 2. The van der Waals surface area contributed by atoms with Gasteiger partial charge >= 0.3 is 0 Å². The number of aromatic hydroxyl groups is 3. The second kappa shape index (κ2) is 6.06. The summed E-state index contributed by atoms with van der Waals surface area (Å²) in [6.45, 7) is 0. The molecule has 0 radical (unpaired) electrons. The lowest BCUT2D eigenvalue weighted by Crippen LogP contribution is -2.36. The minimum atomic E-state index is -1.61. The highest BCUT2D eigenvalue weighted by Crippen LogP contribution is 2.45. The zero-order valence-electron chi connectivity index (χ0n) is 13.4. The number of Topliss-reactive ketones (excluding diaryl/α,β-unsaturated/α-hetero) is 1. The van der Waals surface area contributed by atoms with E-state index in [4.69, 9.17) is 14.2 Å². The third-order valence-corrected chi connectivity index (χ3v) is 3.95. The molecular weight excluding hydrogens is 332 g/mol.